The van der Waals surface area contributed by atoms with E-state index in [4.69, 9.17) is 18.9 Å². The third-order valence-corrected chi connectivity index (χ3v) is 8.49. The van der Waals surface area contributed by atoms with Crippen LogP contribution in [0.15, 0.2) is 42.5 Å². The number of nitrogens with zero attached hydrogens (tertiary/aromatic N) is 2. The molecule has 4 aromatic carbocycles. The first-order valence-corrected chi connectivity index (χ1v) is 15.0. The first-order chi connectivity index (χ1) is 19.5. The maximum Gasteiger partial charge on any atom is 0.0701 e. The molecule has 40 heavy (non-hydrogen) atoms. The van der Waals surface area contributed by atoms with Gasteiger partial charge in [-0.25, -0.2) is 0 Å². The van der Waals surface area contributed by atoms with Crippen LogP contribution in [0, 0.1) is 0 Å². The highest BCUT2D eigenvalue weighted by Crippen LogP contribution is 2.40. The van der Waals surface area contributed by atoms with E-state index in [0.717, 1.165) is 39.3 Å². The van der Waals surface area contributed by atoms with Gasteiger partial charge < -0.3 is 18.9 Å². The van der Waals surface area contributed by atoms with Gasteiger partial charge in [-0.1, -0.05) is 63.2 Å². The molecule has 6 nitrogen and oxygen atoms in total. The second-order valence-corrected chi connectivity index (χ2v) is 12.3. The van der Waals surface area contributed by atoms with Crippen LogP contribution in [-0.4, -0.2) is 88.8 Å². The normalized spacial score (nSPS) is 23.1. The summed E-state index contributed by atoms with van der Waals surface area (Å²) < 4.78 is 23.9. The van der Waals surface area contributed by atoms with Crippen molar-refractivity contribution >= 4 is 32.3 Å². The molecule has 0 spiro atoms. The van der Waals surface area contributed by atoms with E-state index in [9.17, 15) is 0 Å². The molecule has 0 N–H and O–H groups in total. The summed E-state index contributed by atoms with van der Waals surface area (Å²) in [5.41, 5.74) is 4.25. The van der Waals surface area contributed by atoms with Crippen molar-refractivity contribution in [2.75, 3.05) is 79.0 Å². The number of hydrogen-bond donors (Lipinski definition) is 0. The molecule has 0 aromatic heterocycles. The Bertz CT molecular complexity index is 1320. The van der Waals surface area contributed by atoms with Crippen molar-refractivity contribution in [2.24, 2.45) is 0 Å². The van der Waals surface area contributed by atoms with E-state index >= 15 is 0 Å². The van der Waals surface area contributed by atoms with E-state index in [0.29, 0.717) is 52.9 Å². The van der Waals surface area contributed by atoms with E-state index in [1.165, 1.54) is 49.0 Å². The maximum absolute atomic E-state index is 5.96. The third-order valence-electron chi connectivity index (χ3n) is 8.49. The lowest BCUT2D eigenvalue weighted by molar-refractivity contribution is 0.00670. The molecule has 0 fully saturated rings. The molecule has 4 bridgehead atoms. The summed E-state index contributed by atoms with van der Waals surface area (Å²) in [5, 5.41) is 8.17. The smallest absolute Gasteiger partial charge is 0.0701 e. The van der Waals surface area contributed by atoms with Gasteiger partial charge in [0.2, 0.25) is 0 Å². The Balaban J connectivity index is 1.53. The molecule has 0 aliphatic carbocycles. The monoisotopic (exact) mass is 544 g/mol. The predicted molar refractivity (Wildman–Crippen MR) is 163 cm³/mol. The van der Waals surface area contributed by atoms with Crippen LogP contribution in [0.3, 0.4) is 0 Å². The van der Waals surface area contributed by atoms with Crippen LogP contribution in [0.1, 0.15) is 37.5 Å². The van der Waals surface area contributed by atoms with Gasteiger partial charge in [0.1, 0.15) is 0 Å². The van der Waals surface area contributed by atoms with Crippen molar-refractivity contribution in [3.8, 4) is 0 Å². The maximum atomic E-state index is 5.96. The van der Waals surface area contributed by atoms with Crippen molar-refractivity contribution in [2.45, 2.75) is 39.3 Å². The van der Waals surface area contributed by atoms with Crippen molar-refractivity contribution in [3.05, 3.63) is 59.2 Å². The standard InChI is InChI=1S/C34H44N2O4/c1-34(2,3)29-21-25-4-6-30-27-20-28(31-7-5-26(22-29)32(25)33(30)31)24-36-10-14-39-18-16-37-12-8-35(23-27)9-13-38-17-19-40-15-11-36/h4-7,20-22H,8-19,23-24H2,1-3H3. The minimum Gasteiger partial charge on any atom is -0.378 e. The summed E-state index contributed by atoms with van der Waals surface area (Å²) in [4.78, 5) is 4.96. The summed E-state index contributed by atoms with van der Waals surface area (Å²) in [6.45, 7) is 17.3. The van der Waals surface area contributed by atoms with Crippen LogP contribution in [-0.2, 0) is 37.5 Å². The van der Waals surface area contributed by atoms with E-state index < -0.39 is 0 Å². The molecule has 6 rings (SSSR count). The van der Waals surface area contributed by atoms with Crippen molar-refractivity contribution in [3.63, 3.8) is 0 Å². The van der Waals surface area contributed by atoms with Gasteiger partial charge in [-0.2, -0.15) is 0 Å². The highest BCUT2D eigenvalue weighted by atomic mass is 16.5. The van der Waals surface area contributed by atoms with Crippen LogP contribution in [0.25, 0.3) is 32.3 Å². The second kappa shape index (κ2) is 12.3. The van der Waals surface area contributed by atoms with Crippen LogP contribution in [0.4, 0.5) is 0 Å². The summed E-state index contributed by atoms with van der Waals surface area (Å²) in [7, 11) is 0. The molecule has 214 valence electrons. The molecule has 6 heteroatoms. The Kier molecular flexibility index (Phi) is 8.54. The zero-order valence-electron chi connectivity index (χ0n) is 24.5. The van der Waals surface area contributed by atoms with E-state index in [-0.39, 0.29) is 5.41 Å². The summed E-state index contributed by atoms with van der Waals surface area (Å²) in [5.74, 6) is 0. The fourth-order valence-corrected chi connectivity index (χ4v) is 6.20. The van der Waals surface area contributed by atoms with Gasteiger partial charge in [0.15, 0.2) is 0 Å². The van der Waals surface area contributed by atoms with Gasteiger partial charge in [0, 0.05) is 39.3 Å². The molecule has 0 amide bonds. The van der Waals surface area contributed by atoms with E-state index in [1.54, 1.807) is 0 Å². The van der Waals surface area contributed by atoms with Crippen LogP contribution >= 0.6 is 0 Å². The lowest BCUT2D eigenvalue weighted by atomic mass is 9.82. The molecular formula is C34H44N2O4. The van der Waals surface area contributed by atoms with Gasteiger partial charge in [-0.3, -0.25) is 9.80 Å². The molecule has 2 aliphatic rings. The molecule has 2 aliphatic heterocycles. The van der Waals surface area contributed by atoms with Crippen LogP contribution in [0.2, 0.25) is 0 Å². The zero-order chi connectivity index (χ0) is 27.5. The first-order valence-electron chi connectivity index (χ1n) is 15.0. The average molecular weight is 545 g/mol. The minimum atomic E-state index is 0.101. The van der Waals surface area contributed by atoms with Crippen molar-refractivity contribution in [1.82, 2.24) is 9.80 Å². The Labute approximate surface area is 238 Å². The third kappa shape index (κ3) is 6.13. The van der Waals surface area contributed by atoms with Crippen LogP contribution < -0.4 is 0 Å². The molecule has 2 heterocycles. The van der Waals surface area contributed by atoms with E-state index in [1.807, 2.05) is 0 Å². The molecular weight excluding hydrogens is 500 g/mol. The Morgan fingerprint density at radius 3 is 1.35 bits per heavy atom. The predicted octanol–water partition coefficient (Wildman–Crippen LogP) is 5.58. The minimum absolute atomic E-state index is 0.101. The van der Waals surface area contributed by atoms with Gasteiger partial charge in [0.05, 0.1) is 52.9 Å². The molecule has 0 saturated heterocycles. The quantitative estimate of drug-likeness (QED) is 0.269. The highest BCUT2D eigenvalue weighted by molar-refractivity contribution is 6.24. The molecule has 0 saturated carbocycles. The van der Waals surface area contributed by atoms with Crippen LogP contribution in [0.5, 0.6) is 0 Å². The van der Waals surface area contributed by atoms with Gasteiger partial charge in [-0.05, 0) is 54.4 Å². The number of benzene rings is 4. The number of hydrogen-bond acceptors (Lipinski definition) is 6. The van der Waals surface area contributed by atoms with Crippen molar-refractivity contribution in [1.29, 1.82) is 0 Å². The number of ether oxygens (including phenoxy) is 4. The molecule has 4 aromatic rings. The highest BCUT2D eigenvalue weighted by Gasteiger charge is 2.21. The van der Waals surface area contributed by atoms with Gasteiger partial charge in [-0.15, -0.1) is 0 Å². The van der Waals surface area contributed by atoms with Crippen molar-refractivity contribution < 1.29 is 18.9 Å². The SMILES string of the molecule is CC(C)(C)c1cc2ccc3c4cc(c5ccc(c1)c2c35)CN1CCOCCOCCN(CCOCCOCC1)C4. The number of rotatable bonds is 0. The Morgan fingerprint density at radius 2 is 0.950 bits per heavy atom. The first kappa shape index (κ1) is 27.8. The van der Waals surface area contributed by atoms with E-state index in [2.05, 4.69) is 73.0 Å². The largest absolute Gasteiger partial charge is 0.378 e. The van der Waals surface area contributed by atoms with Gasteiger partial charge in [0.25, 0.3) is 0 Å². The lowest BCUT2D eigenvalue weighted by Gasteiger charge is -2.27. The lowest BCUT2D eigenvalue weighted by Crippen LogP contribution is -2.32. The summed E-state index contributed by atoms with van der Waals surface area (Å²) >= 11 is 0. The Hall–Kier alpha value is -2.32. The second-order valence-electron chi connectivity index (χ2n) is 12.3. The molecule has 0 unspecified atom stereocenters. The van der Waals surface area contributed by atoms with Gasteiger partial charge >= 0.3 is 0 Å². The topological polar surface area (TPSA) is 43.4 Å². The average Bonchev–Trinajstić information content (AvgIpc) is 2.94. The zero-order valence-corrected chi connectivity index (χ0v) is 24.5. The molecule has 0 radical (unpaired) electrons. The summed E-state index contributed by atoms with van der Waals surface area (Å²) in [6, 6.07) is 16.7. The Morgan fingerprint density at radius 1 is 0.525 bits per heavy atom. The number of fused-ring (bicyclic) bond motifs is 2. The fraction of sp³-hybridized carbons (Fsp3) is 0.529. The summed E-state index contributed by atoms with van der Waals surface area (Å²) in [6.07, 6.45) is 0. The fourth-order valence-electron chi connectivity index (χ4n) is 6.20. The molecule has 0 atom stereocenters.